The van der Waals surface area contributed by atoms with Crippen LogP contribution in [0.25, 0.3) is 11.0 Å². The van der Waals surface area contributed by atoms with Gasteiger partial charge in [-0.25, -0.2) is 4.98 Å². The molecule has 194 valence electrons. The molecular weight excluding hydrogens is 466 g/mol. The van der Waals surface area contributed by atoms with Crippen LogP contribution in [0.2, 0.25) is 0 Å². The lowest BCUT2D eigenvalue weighted by molar-refractivity contribution is 0.0498. The Labute approximate surface area is 216 Å². The molecule has 2 saturated heterocycles. The van der Waals surface area contributed by atoms with Gasteiger partial charge in [0.05, 0.1) is 16.6 Å². The minimum atomic E-state index is -0.471. The zero-order valence-electron chi connectivity index (χ0n) is 21.2. The quantitative estimate of drug-likeness (QED) is 0.544. The Hall–Kier alpha value is -3.26. The minimum absolute atomic E-state index is 0.0321. The van der Waals surface area contributed by atoms with Gasteiger partial charge in [-0.3, -0.25) is 19.3 Å². The number of amides is 1. The number of hydrogen-bond acceptors (Lipinski definition) is 5. The Bertz CT molecular complexity index is 1370. The van der Waals surface area contributed by atoms with Crippen molar-refractivity contribution in [2.75, 3.05) is 5.32 Å². The molecule has 2 bridgehead atoms. The Kier molecular flexibility index (Phi) is 6.67. The summed E-state index contributed by atoms with van der Waals surface area (Å²) in [5.74, 6) is -0.438. The van der Waals surface area contributed by atoms with E-state index in [0.717, 1.165) is 18.4 Å². The third kappa shape index (κ3) is 4.75. The molecule has 3 aliphatic rings. The lowest BCUT2D eigenvalue weighted by Gasteiger charge is -2.45. The van der Waals surface area contributed by atoms with Crippen LogP contribution in [-0.4, -0.2) is 43.5 Å². The molecule has 1 aromatic carbocycles. The van der Waals surface area contributed by atoms with Crippen LogP contribution in [0.15, 0.2) is 52.2 Å². The molecule has 3 atom stereocenters. The first-order chi connectivity index (χ1) is 18.1. The number of fused-ring (bicyclic) bond motifs is 3. The topological polar surface area (TPSA) is 100 Å². The van der Waals surface area contributed by atoms with Gasteiger partial charge in [0, 0.05) is 36.4 Å². The number of piperidine rings is 1. The van der Waals surface area contributed by atoms with Gasteiger partial charge in [0.25, 0.3) is 11.5 Å². The first-order valence-electron chi connectivity index (χ1n) is 13.9. The van der Waals surface area contributed by atoms with Crippen LogP contribution in [0.5, 0.6) is 0 Å². The van der Waals surface area contributed by atoms with E-state index in [1.165, 1.54) is 76.1 Å². The number of aromatic nitrogens is 3. The fraction of sp³-hybridized carbons (Fsp3) is 0.517. The normalized spacial score (nSPS) is 25.0. The SMILES string of the molecule is O=C(Nc1nc2ccccc2n(C2C[C@H]3CC[C@@H](C2)N3C2CCCCCCC2)c1=O)c1ccc(=O)[nH]c1. The van der Waals surface area contributed by atoms with E-state index in [9.17, 15) is 14.4 Å². The average Bonchev–Trinajstić information content (AvgIpc) is 3.13. The van der Waals surface area contributed by atoms with Crippen molar-refractivity contribution in [3.63, 3.8) is 0 Å². The summed E-state index contributed by atoms with van der Waals surface area (Å²) in [7, 11) is 0. The molecule has 2 aromatic heterocycles. The highest BCUT2D eigenvalue weighted by Gasteiger charge is 2.44. The second kappa shape index (κ2) is 10.2. The van der Waals surface area contributed by atoms with Crippen molar-refractivity contribution in [1.29, 1.82) is 0 Å². The molecule has 1 saturated carbocycles. The van der Waals surface area contributed by atoms with Crippen molar-refractivity contribution in [3.05, 3.63) is 68.9 Å². The third-order valence-electron chi connectivity index (χ3n) is 8.70. The number of benzene rings is 1. The van der Waals surface area contributed by atoms with E-state index in [1.54, 1.807) is 0 Å². The largest absolute Gasteiger partial charge is 0.328 e. The summed E-state index contributed by atoms with van der Waals surface area (Å²) in [6, 6.07) is 12.2. The Morgan fingerprint density at radius 1 is 0.838 bits per heavy atom. The zero-order valence-corrected chi connectivity index (χ0v) is 21.2. The number of H-pyrrole nitrogens is 1. The average molecular weight is 502 g/mol. The van der Waals surface area contributed by atoms with Gasteiger partial charge < -0.3 is 14.9 Å². The molecule has 1 unspecified atom stereocenters. The lowest BCUT2D eigenvalue weighted by Crippen LogP contribution is -2.50. The van der Waals surface area contributed by atoms with E-state index in [0.29, 0.717) is 23.6 Å². The zero-order chi connectivity index (χ0) is 25.4. The van der Waals surface area contributed by atoms with Gasteiger partial charge in [-0.05, 0) is 56.7 Å². The molecule has 8 nitrogen and oxygen atoms in total. The lowest BCUT2D eigenvalue weighted by atomic mass is 9.89. The molecule has 37 heavy (non-hydrogen) atoms. The second-order valence-corrected chi connectivity index (χ2v) is 11.0. The van der Waals surface area contributed by atoms with Gasteiger partial charge in [0.15, 0.2) is 5.82 Å². The van der Waals surface area contributed by atoms with Crippen LogP contribution in [0.1, 0.15) is 87.0 Å². The molecule has 0 radical (unpaired) electrons. The highest BCUT2D eigenvalue weighted by Crippen LogP contribution is 2.44. The number of hydrogen-bond donors (Lipinski definition) is 2. The summed E-state index contributed by atoms with van der Waals surface area (Å²) in [6.07, 6.45) is 15.0. The van der Waals surface area contributed by atoms with Crippen LogP contribution < -0.4 is 16.4 Å². The third-order valence-corrected chi connectivity index (χ3v) is 8.70. The predicted molar refractivity (Wildman–Crippen MR) is 144 cm³/mol. The second-order valence-electron chi connectivity index (χ2n) is 11.0. The predicted octanol–water partition coefficient (Wildman–Crippen LogP) is 4.62. The molecule has 3 aromatic rings. The smallest absolute Gasteiger partial charge is 0.294 e. The first kappa shape index (κ1) is 24.1. The highest BCUT2D eigenvalue weighted by atomic mass is 16.2. The molecule has 3 fully saturated rings. The van der Waals surface area contributed by atoms with E-state index in [2.05, 4.69) is 20.2 Å². The summed E-state index contributed by atoms with van der Waals surface area (Å²) in [5, 5.41) is 2.71. The van der Waals surface area contributed by atoms with Crippen LogP contribution >= 0.6 is 0 Å². The molecule has 8 heteroatoms. The monoisotopic (exact) mass is 501 g/mol. The van der Waals surface area contributed by atoms with E-state index >= 15 is 0 Å². The number of para-hydroxylation sites is 2. The number of carbonyl (C=O) groups excluding carboxylic acids is 1. The van der Waals surface area contributed by atoms with Crippen molar-refractivity contribution >= 4 is 22.8 Å². The maximum absolute atomic E-state index is 13.8. The van der Waals surface area contributed by atoms with Crippen molar-refractivity contribution in [1.82, 2.24) is 19.4 Å². The summed E-state index contributed by atoms with van der Waals surface area (Å²) >= 11 is 0. The van der Waals surface area contributed by atoms with E-state index in [-0.39, 0.29) is 28.5 Å². The highest BCUT2D eigenvalue weighted by molar-refractivity contribution is 6.03. The number of aromatic amines is 1. The fourth-order valence-corrected chi connectivity index (χ4v) is 7.05. The summed E-state index contributed by atoms with van der Waals surface area (Å²) in [4.78, 5) is 47.9. The number of nitrogens with zero attached hydrogens (tertiary/aromatic N) is 3. The van der Waals surface area contributed by atoms with E-state index in [1.807, 2.05) is 28.8 Å². The maximum Gasteiger partial charge on any atom is 0.294 e. The summed E-state index contributed by atoms with van der Waals surface area (Å²) in [6.45, 7) is 0. The van der Waals surface area contributed by atoms with Crippen molar-refractivity contribution < 1.29 is 4.79 Å². The van der Waals surface area contributed by atoms with Crippen LogP contribution in [0, 0.1) is 0 Å². The Morgan fingerprint density at radius 2 is 1.54 bits per heavy atom. The number of anilines is 1. The van der Waals surface area contributed by atoms with Crippen molar-refractivity contribution in [2.24, 2.45) is 0 Å². The standard InChI is InChI=1S/C29H35N5O3/c35-26-15-12-19(18-30-26)28(36)32-27-29(37)34(25-11-7-6-10-24(25)31-27)23-16-21-13-14-22(17-23)33(21)20-8-4-2-1-3-5-9-20/h6-7,10-12,15,18,20-23H,1-5,8-9,13-14,16-17H2,(H,30,35)(H,31,32,36)/t21-,22+,23?. The first-order valence-corrected chi connectivity index (χ1v) is 13.9. The molecule has 0 spiro atoms. The minimum Gasteiger partial charge on any atom is -0.328 e. The number of nitrogens with one attached hydrogen (secondary N) is 2. The van der Waals surface area contributed by atoms with E-state index in [4.69, 9.17) is 0 Å². The van der Waals surface area contributed by atoms with Crippen LogP contribution in [-0.2, 0) is 0 Å². The molecule has 1 amide bonds. The van der Waals surface area contributed by atoms with Gasteiger partial charge >= 0.3 is 0 Å². The van der Waals surface area contributed by atoms with Crippen LogP contribution in [0.3, 0.4) is 0 Å². The van der Waals surface area contributed by atoms with E-state index < -0.39 is 5.91 Å². The molecule has 2 N–H and O–H groups in total. The van der Waals surface area contributed by atoms with Crippen molar-refractivity contribution in [2.45, 2.75) is 94.8 Å². The summed E-state index contributed by atoms with van der Waals surface area (Å²) < 4.78 is 1.89. The Balaban J connectivity index is 1.31. The van der Waals surface area contributed by atoms with Gasteiger partial charge in [0.1, 0.15) is 0 Å². The molecule has 1 aliphatic carbocycles. The van der Waals surface area contributed by atoms with Gasteiger partial charge in [-0.1, -0.05) is 44.2 Å². The van der Waals surface area contributed by atoms with Gasteiger partial charge in [-0.15, -0.1) is 0 Å². The number of pyridine rings is 1. The van der Waals surface area contributed by atoms with Crippen molar-refractivity contribution in [3.8, 4) is 0 Å². The maximum atomic E-state index is 13.8. The summed E-state index contributed by atoms with van der Waals surface area (Å²) in [5.41, 5.74) is 1.22. The fourth-order valence-electron chi connectivity index (χ4n) is 7.05. The Morgan fingerprint density at radius 3 is 2.24 bits per heavy atom. The van der Waals surface area contributed by atoms with Gasteiger partial charge in [0.2, 0.25) is 5.56 Å². The van der Waals surface area contributed by atoms with Crippen LogP contribution in [0.4, 0.5) is 5.82 Å². The molecular formula is C29H35N5O3. The number of rotatable bonds is 4. The van der Waals surface area contributed by atoms with Gasteiger partial charge in [-0.2, -0.15) is 0 Å². The molecule has 6 rings (SSSR count). The molecule has 4 heterocycles. The molecule has 2 aliphatic heterocycles. The number of carbonyl (C=O) groups is 1.